The Labute approximate surface area is 173 Å². The maximum Gasteiger partial charge on any atom is 0.276 e. The molecule has 1 aromatic carbocycles. The topological polar surface area (TPSA) is 75.5 Å². The van der Waals surface area contributed by atoms with Gasteiger partial charge in [-0.2, -0.15) is 5.10 Å². The molecule has 0 amide bonds. The lowest BCUT2D eigenvalue weighted by atomic mass is 9.97. The molecule has 7 nitrogen and oxygen atoms in total. The zero-order valence-electron chi connectivity index (χ0n) is 17.1. The average Bonchev–Trinajstić information content (AvgIpc) is 3.34. The number of aromatic amines is 1. The van der Waals surface area contributed by atoms with Crippen LogP contribution in [0.15, 0.2) is 35.3 Å². The van der Waals surface area contributed by atoms with Gasteiger partial charge in [0.15, 0.2) is 5.52 Å². The highest BCUT2D eigenvalue weighted by molar-refractivity contribution is 5.42. The van der Waals surface area contributed by atoms with E-state index in [0.29, 0.717) is 42.6 Å². The first-order valence-electron chi connectivity index (χ1n) is 10.6. The Morgan fingerprint density at radius 2 is 2.03 bits per heavy atom. The number of rotatable bonds is 4. The van der Waals surface area contributed by atoms with Crippen LogP contribution in [0, 0.1) is 11.7 Å². The summed E-state index contributed by atoms with van der Waals surface area (Å²) in [6, 6.07) is 6.89. The number of nitrogens with one attached hydrogen (secondary N) is 1. The van der Waals surface area contributed by atoms with Crippen molar-refractivity contribution in [2.75, 3.05) is 26.3 Å². The third-order valence-electron chi connectivity index (χ3n) is 6.42. The molecule has 0 spiro atoms. The maximum absolute atomic E-state index is 14.1. The largest absolute Gasteiger partial charge is 0.381 e. The Bertz CT molecular complexity index is 1100. The van der Waals surface area contributed by atoms with Crippen LogP contribution in [0.3, 0.4) is 0 Å². The van der Waals surface area contributed by atoms with E-state index in [4.69, 9.17) is 9.84 Å². The second kappa shape index (κ2) is 7.92. The lowest BCUT2D eigenvalue weighted by Gasteiger charge is -2.21. The summed E-state index contributed by atoms with van der Waals surface area (Å²) in [7, 11) is 0. The first-order chi connectivity index (χ1) is 14.6. The van der Waals surface area contributed by atoms with E-state index < -0.39 is 0 Å². The fraction of sp³-hybridized carbons (Fsp3) is 0.500. The first-order valence-corrected chi connectivity index (χ1v) is 10.6. The zero-order valence-corrected chi connectivity index (χ0v) is 17.1. The molecular weight excluding hydrogens is 385 g/mol. The van der Waals surface area contributed by atoms with E-state index in [-0.39, 0.29) is 23.2 Å². The van der Waals surface area contributed by atoms with Crippen LogP contribution in [0.25, 0.3) is 5.52 Å². The normalized spacial score (nSPS) is 23.4. The summed E-state index contributed by atoms with van der Waals surface area (Å²) < 4.78 is 21.3. The smallest absolute Gasteiger partial charge is 0.276 e. The molecule has 2 unspecified atom stereocenters. The molecule has 2 saturated heterocycles. The van der Waals surface area contributed by atoms with Crippen molar-refractivity contribution in [3.8, 4) is 0 Å². The predicted octanol–water partition coefficient (Wildman–Crippen LogP) is 2.69. The van der Waals surface area contributed by atoms with E-state index in [0.717, 1.165) is 31.8 Å². The van der Waals surface area contributed by atoms with Crippen molar-refractivity contribution in [3.63, 3.8) is 0 Å². The van der Waals surface area contributed by atoms with Crippen molar-refractivity contribution in [1.29, 1.82) is 0 Å². The molecular formula is C22H26FN5O2. The van der Waals surface area contributed by atoms with Gasteiger partial charge in [0, 0.05) is 50.2 Å². The average molecular weight is 411 g/mol. The number of ether oxygens (including phenoxy) is 1. The van der Waals surface area contributed by atoms with Crippen LogP contribution < -0.4 is 5.56 Å². The molecule has 2 aliphatic heterocycles. The summed E-state index contributed by atoms with van der Waals surface area (Å²) in [5.41, 5.74) is 1.01. The standard InChI is InChI=1S/C22H26FN5O2/c1-14-11-27(12-16-4-2-3-5-18(16)23)13-17(14)20-25-22(29)19-10-24-21(28(19)26-20)15-6-8-30-9-7-15/h2-5,10,14-15,17H,6-9,11-13H2,1H3,(H,25,26,29). The third-order valence-corrected chi connectivity index (χ3v) is 6.42. The molecule has 2 fully saturated rings. The maximum atomic E-state index is 14.1. The number of likely N-dealkylation sites (tertiary alicyclic amines) is 1. The minimum Gasteiger partial charge on any atom is -0.381 e. The van der Waals surface area contributed by atoms with Gasteiger partial charge in [-0.1, -0.05) is 25.1 Å². The molecule has 0 bridgehead atoms. The van der Waals surface area contributed by atoms with Gasteiger partial charge in [-0.05, 0) is 24.8 Å². The number of hydrogen-bond acceptors (Lipinski definition) is 5. The Kier molecular flexibility index (Phi) is 5.12. The number of halogens is 1. The minimum absolute atomic E-state index is 0.0822. The third kappa shape index (κ3) is 3.54. The lowest BCUT2D eigenvalue weighted by molar-refractivity contribution is 0.0832. The number of hydrogen-bond donors (Lipinski definition) is 1. The van der Waals surface area contributed by atoms with Crippen LogP contribution in [0.2, 0.25) is 0 Å². The number of fused-ring (bicyclic) bond motifs is 1. The molecule has 1 N–H and O–H groups in total. The second-order valence-corrected chi connectivity index (χ2v) is 8.51. The SMILES string of the molecule is CC1CN(Cc2ccccc2F)CC1c1nn2c(C3CCOCC3)ncc2c(=O)[nH]1. The van der Waals surface area contributed by atoms with Gasteiger partial charge in [0.1, 0.15) is 17.5 Å². The summed E-state index contributed by atoms with van der Waals surface area (Å²) in [5.74, 6) is 1.98. The number of aromatic nitrogens is 4. The Balaban J connectivity index is 1.42. The highest BCUT2D eigenvalue weighted by Crippen LogP contribution is 2.32. The number of imidazole rings is 1. The molecule has 0 radical (unpaired) electrons. The molecule has 3 aromatic rings. The van der Waals surface area contributed by atoms with E-state index in [1.807, 2.05) is 12.1 Å². The summed E-state index contributed by atoms with van der Waals surface area (Å²) in [5, 5.41) is 4.82. The van der Waals surface area contributed by atoms with Gasteiger partial charge in [-0.3, -0.25) is 9.69 Å². The fourth-order valence-electron chi connectivity index (χ4n) is 4.75. The van der Waals surface area contributed by atoms with Crippen molar-refractivity contribution in [2.45, 2.75) is 38.1 Å². The van der Waals surface area contributed by atoms with Gasteiger partial charge in [-0.25, -0.2) is 13.9 Å². The minimum atomic E-state index is -0.180. The summed E-state index contributed by atoms with van der Waals surface area (Å²) in [6.07, 6.45) is 3.39. The molecule has 0 saturated carbocycles. The zero-order chi connectivity index (χ0) is 20.7. The second-order valence-electron chi connectivity index (χ2n) is 8.51. The molecule has 0 aliphatic carbocycles. The summed E-state index contributed by atoms with van der Waals surface area (Å²) in [4.78, 5) is 22.5. The molecule has 30 heavy (non-hydrogen) atoms. The highest BCUT2D eigenvalue weighted by atomic mass is 19.1. The van der Waals surface area contributed by atoms with Gasteiger partial charge in [0.05, 0.1) is 6.20 Å². The van der Waals surface area contributed by atoms with Gasteiger partial charge >= 0.3 is 0 Å². The molecule has 2 aromatic heterocycles. The van der Waals surface area contributed by atoms with Crippen LogP contribution in [0.1, 0.15) is 48.8 Å². The Hall–Kier alpha value is -2.58. The quantitative estimate of drug-likeness (QED) is 0.715. The van der Waals surface area contributed by atoms with Crippen molar-refractivity contribution < 1.29 is 9.13 Å². The van der Waals surface area contributed by atoms with Crippen molar-refractivity contribution in [3.05, 3.63) is 63.8 Å². The number of nitrogens with zero attached hydrogens (tertiary/aromatic N) is 4. The molecule has 2 aliphatic rings. The van der Waals surface area contributed by atoms with Crippen LogP contribution in [0.5, 0.6) is 0 Å². The van der Waals surface area contributed by atoms with Gasteiger partial charge < -0.3 is 9.72 Å². The molecule has 2 atom stereocenters. The Morgan fingerprint density at radius 1 is 1.23 bits per heavy atom. The van der Waals surface area contributed by atoms with Gasteiger partial charge in [0.25, 0.3) is 5.56 Å². The molecule has 8 heteroatoms. The monoisotopic (exact) mass is 411 g/mol. The molecule has 5 rings (SSSR count). The highest BCUT2D eigenvalue weighted by Gasteiger charge is 2.33. The van der Waals surface area contributed by atoms with E-state index in [1.165, 1.54) is 6.07 Å². The van der Waals surface area contributed by atoms with E-state index in [1.54, 1.807) is 16.8 Å². The summed E-state index contributed by atoms with van der Waals surface area (Å²) >= 11 is 0. The van der Waals surface area contributed by atoms with Gasteiger partial charge in [-0.15, -0.1) is 0 Å². The first kappa shape index (κ1) is 19.4. The van der Waals surface area contributed by atoms with Crippen LogP contribution in [-0.2, 0) is 11.3 Å². The number of benzene rings is 1. The van der Waals surface area contributed by atoms with Crippen LogP contribution in [-0.4, -0.2) is 50.8 Å². The van der Waals surface area contributed by atoms with Crippen molar-refractivity contribution in [2.24, 2.45) is 5.92 Å². The number of H-pyrrole nitrogens is 1. The van der Waals surface area contributed by atoms with E-state index >= 15 is 0 Å². The Morgan fingerprint density at radius 3 is 2.83 bits per heavy atom. The van der Waals surface area contributed by atoms with Crippen LogP contribution >= 0.6 is 0 Å². The lowest BCUT2D eigenvalue weighted by Crippen LogP contribution is -2.24. The summed E-state index contributed by atoms with van der Waals surface area (Å²) in [6.45, 7) is 5.69. The predicted molar refractivity (Wildman–Crippen MR) is 110 cm³/mol. The molecule has 4 heterocycles. The van der Waals surface area contributed by atoms with E-state index in [9.17, 15) is 9.18 Å². The van der Waals surface area contributed by atoms with Crippen molar-refractivity contribution >= 4 is 5.52 Å². The van der Waals surface area contributed by atoms with Gasteiger partial charge in [0.2, 0.25) is 0 Å². The fourth-order valence-corrected chi connectivity index (χ4v) is 4.75. The van der Waals surface area contributed by atoms with E-state index in [2.05, 4.69) is 21.8 Å². The molecule has 158 valence electrons. The van der Waals surface area contributed by atoms with Crippen LogP contribution in [0.4, 0.5) is 4.39 Å². The van der Waals surface area contributed by atoms with Crippen molar-refractivity contribution in [1.82, 2.24) is 24.5 Å².